The molecule has 1 atom stereocenters. The van der Waals surface area contributed by atoms with Gasteiger partial charge in [-0.1, -0.05) is 11.6 Å². The van der Waals surface area contributed by atoms with Gasteiger partial charge in [-0.05, 0) is 24.8 Å². The normalized spacial score (nSPS) is 12.6. The second kappa shape index (κ2) is 5.19. The van der Waals surface area contributed by atoms with E-state index in [0.29, 0.717) is 15.8 Å². The van der Waals surface area contributed by atoms with Crippen molar-refractivity contribution >= 4 is 40.4 Å². The molecule has 0 aliphatic carbocycles. The van der Waals surface area contributed by atoms with E-state index in [1.54, 1.807) is 11.9 Å². The van der Waals surface area contributed by atoms with Crippen molar-refractivity contribution < 1.29 is 4.79 Å². The average molecular weight is 266 g/mol. The van der Waals surface area contributed by atoms with Crippen LogP contribution in [0.1, 0.15) is 22.2 Å². The Balaban J connectivity index is 2.90. The zero-order valence-corrected chi connectivity index (χ0v) is 11.2. The topological polar surface area (TPSA) is 20.3 Å². The minimum Gasteiger partial charge on any atom is -0.337 e. The maximum Gasteiger partial charge on any atom is 0.265 e. The predicted molar refractivity (Wildman–Crippen MR) is 66.3 cm³/mol. The van der Waals surface area contributed by atoms with Gasteiger partial charge in [-0.15, -0.1) is 22.9 Å². The van der Waals surface area contributed by atoms with Gasteiger partial charge in [0.25, 0.3) is 5.91 Å². The van der Waals surface area contributed by atoms with Crippen LogP contribution in [0.2, 0.25) is 5.02 Å². The van der Waals surface area contributed by atoms with Gasteiger partial charge in [0.2, 0.25) is 0 Å². The summed E-state index contributed by atoms with van der Waals surface area (Å²) in [6, 6.07) is 0.0117. The molecule has 0 radical (unpaired) electrons. The fourth-order valence-electron chi connectivity index (χ4n) is 1.04. The van der Waals surface area contributed by atoms with E-state index >= 15 is 0 Å². The monoisotopic (exact) mass is 265 g/mol. The molecule has 1 aromatic heterocycles. The molecule has 2 nitrogen and oxygen atoms in total. The highest BCUT2D eigenvalue weighted by molar-refractivity contribution is 7.13. The van der Waals surface area contributed by atoms with Crippen molar-refractivity contribution in [1.29, 1.82) is 0 Å². The Morgan fingerprint density at radius 2 is 2.27 bits per heavy atom. The van der Waals surface area contributed by atoms with Crippen molar-refractivity contribution in [2.75, 3.05) is 12.9 Å². The summed E-state index contributed by atoms with van der Waals surface area (Å²) in [7, 11) is 1.74. The summed E-state index contributed by atoms with van der Waals surface area (Å²) < 4.78 is 0. The summed E-state index contributed by atoms with van der Waals surface area (Å²) in [5.74, 6) is 0.357. The zero-order chi connectivity index (χ0) is 11.6. The van der Waals surface area contributed by atoms with E-state index in [0.717, 1.165) is 5.56 Å². The van der Waals surface area contributed by atoms with E-state index in [9.17, 15) is 4.79 Å². The van der Waals surface area contributed by atoms with Gasteiger partial charge in [-0.25, -0.2) is 0 Å². The fraction of sp³-hybridized carbons (Fsp3) is 0.500. The summed E-state index contributed by atoms with van der Waals surface area (Å²) in [5.41, 5.74) is 0.942. The molecule has 0 fully saturated rings. The molecular formula is C10H13Cl2NOS. The Morgan fingerprint density at radius 1 is 1.67 bits per heavy atom. The predicted octanol–water partition coefficient (Wildman–Crippen LogP) is 3.41. The van der Waals surface area contributed by atoms with E-state index < -0.39 is 0 Å². The van der Waals surface area contributed by atoms with E-state index in [2.05, 4.69) is 0 Å². The highest BCUT2D eigenvalue weighted by Gasteiger charge is 2.21. The summed E-state index contributed by atoms with van der Waals surface area (Å²) in [4.78, 5) is 14.2. The standard InChI is InChI=1S/C10H13Cl2NOS/c1-6-5-15-9(8(6)12)10(14)13(3)7(2)4-11/h5,7H,4H2,1-3H3. The van der Waals surface area contributed by atoms with Crippen LogP contribution in [-0.4, -0.2) is 29.8 Å². The van der Waals surface area contributed by atoms with Crippen LogP contribution < -0.4 is 0 Å². The van der Waals surface area contributed by atoms with Crippen molar-refractivity contribution in [3.8, 4) is 0 Å². The third-order valence-corrected chi connectivity index (χ3v) is 4.43. The van der Waals surface area contributed by atoms with Gasteiger partial charge in [-0.3, -0.25) is 4.79 Å². The van der Waals surface area contributed by atoms with Crippen molar-refractivity contribution in [2.45, 2.75) is 19.9 Å². The fourth-order valence-corrected chi connectivity index (χ4v) is 2.50. The summed E-state index contributed by atoms with van der Waals surface area (Å²) in [5, 5.41) is 2.44. The number of thiophene rings is 1. The Hall–Kier alpha value is -0.250. The van der Waals surface area contributed by atoms with Crippen LogP contribution in [0.25, 0.3) is 0 Å². The molecular weight excluding hydrogens is 253 g/mol. The Bertz CT molecular complexity index is 364. The van der Waals surface area contributed by atoms with E-state index in [-0.39, 0.29) is 11.9 Å². The molecule has 1 aromatic rings. The van der Waals surface area contributed by atoms with Crippen molar-refractivity contribution in [1.82, 2.24) is 4.90 Å². The maximum absolute atomic E-state index is 12.0. The van der Waals surface area contributed by atoms with Crippen LogP contribution in [0.4, 0.5) is 0 Å². The molecule has 1 amide bonds. The molecule has 84 valence electrons. The van der Waals surface area contributed by atoms with Crippen LogP contribution in [0.3, 0.4) is 0 Å². The first-order chi connectivity index (χ1) is 6.99. The summed E-state index contributed by atoms with van der Waals surface area (Å²) in [6.07, 6.45) is 0. The van der Waals surface area contributed by atoms with Gasteiger partial charge in [-0.2, -0.15) is 0 Å². The van der Waals surface area contributed by atoms with Crippen LogP contribution in [0.15, 0.2) is 5.38 Å². The molecule has 1 rings (SSSR count). The number of carbonyl (C=O) groups excluding carboxylic acids is 1. The average Bonchev–Trinajstić information content (AvgIpc) is 2.56. The van der Waals surface area contributed by atoms with Gasteiger partial charge in [0, 0.05) is 19.0 Å². The third kappa shape index (κ3) is 2.65. The van der Waals surface area contributed by atoms with E-state index in [4.69, 9.17) is 23.2 Å². The summed E-state index contributed by atoms with van der Waals surface area (Å²) in [6.45, 7) is 3.79. The number of hydrogen-bond donors (Lipinski definition) is 0. The first kappa shape index (κ1) is 12.8. The molecule has 0 aromatic carbocycles. The van der Waals surface area contributed by atoms with Crippen LogP contribution in [0, 0.1) is 6.92 Å². The van der Waals surface area contributed by atoms with Crippen molar-refractivity contribution in [2.24, 2.45) is 0 Å². The Morgan fingerprint density at radius 3 is 2.67 bits per heavy atom. The number of halogens is 2. The number of alkyl halides is 1. The maximum atomic E-state index is 12.0. The van der Waals surface area contributed by atoms with Crippen molar-refractivity contribution in [3.05, 3.63) is 20.8 Å². The SMILES string of the molecule is Cc1csc(C(=O)N(C)C(C)CCl)c1Cl. The van der Waals surface area contributed by atoms with Gasteiger partial charge in [0.05, 0.1) is 5.02 Å². The molecule has 0 aliphatic heterocycles. The lowest BCUT2D eigenvalue weighted by Gasteiger charge is -2.22. The molecule has 0 saturated heterocycles. The minimum absolute atomic E-state index is 0.0117. The molecule has 15 heavy (non-hydrogen) atoms. The van der Waals surface area contributed by atoms with Crippen LogP contribution in [0.5, 0.6) is 0 Å². The molecule has 1 heterocycles. The highest BCUT2D eigenvalue weighted by atomic mass is 35.5. The summed E-state index contributed by atoms with van der Waals surface area (Å²) >= 11 is 13.1. The van der Waals surface area contributed by atoms with Gasteiger partial charge >= 0.3 is 0 Å². The molecule has 0 saturated carbocycles. The number of rotatable bonds is 3. The quantitative estimate of drug-likeness (QED) is 0.768. The second-order valence-corrected chi connectivity index (χ2v) is 5.05. The van der Waals surface area contributed by atoms with Crippen LogP contribution in [-0.2, 0) is 0 Å². The zero-order valence-electron chi connectivity index (χ0n) is 8.88. The molecule has 0 N–H and O–H groups in total. The second-order valence-electron chi connectivity index (χ2n) is 3.48. The number of aryl methyl sites for hydroxylation is 1. The first-order valence-corrected chi connectivity index (χ1v) is 6.35. The van der Waals surface area contributed by atoms with E-state index in [1.165, 1.54) is 11.3 Å². The molecule has 0 bridgehead atoms. The van der Waals surface area contributed by atoms with Gasteiger partial charge in [0.1, 0.15) is 4.88 Å². The van der Waals surface area contributed by atoms with Crippen molar-refractivity contribution in [3.63, 3.8) is 0 Å². The third-order valence-electron chi connectivity index (χ3n) is 2.30. The Kier molecular flexibility index (Phi) is 4.44. The van der Waals surface area contributed by atoms with Crippen LogP contribution >= 0.6 is 34.5 Å². The number of nitrogens with zero attached hydrogens (tertiary/aromatic N) is 1. The largest absolute Gasteiger partial charge is 0.337 e. The lowest BCUT2D eigenvalue weighted by molar-refractivity contribution is 0.0761. The number of carbonyl (C=O) groups is 1. The number of amides is 1. The number of hydrogen-bond acceptors (Lipinski definition) is 2. The minimum atomic E-state index is -0.0637. The van der Waals surface area contributed by atoms with Gasteiger partial charge in [0.15, 0.2) is 0 Å². The highest BCUT2D eigenvalue weighted by Crippen LogP contribution is 2.28. The molecule has 0 aliphatic rings. The molecule has 0 spiro atoms. The van der Waals surface area contributed by atoms with E-state index in [1.807, 2.05) is 19.2 Å². The lowest BCUT2D eigenvalue weighted by atomic mass is 10.3. The Labute approximate surface area is 104 Å². The molecule has 5 heteroatoms. The van der Waals surface area contributed by atoms with Gasteiger partial charge < -0.3 is 4.90 Å². The first-order valence-electron chi connectivity index (χ1n) is 4.55. The smallest absolute Gasteiger partial charge is 0.265 e. The molecule has 1 unspecified atom stereocenters. The lowest BCUT2D eigenvalue weighted by Crippen LogP contribution is -2.35.